The number of nitrogens with zero attached hydrogens (tertiary/aromatic N) is 2. The molecule has 1 N–H and O–H groups in total. The second kappa shape index (κ2) is 6.03. The van der Waals surface area contributed by atoms with Crippen molar-refractivity contribution in [1.29, 1.82) is 0 Å². The van der Waals surface area contributed by atoms with Crippen LogP contribution in [0.25, 0.3) is 5.65 Å². The standard InChI is InChI=1S/C14H12ClN3O3S2/c1-22-14-12(23(20,21)10-5-3-2-4-6-10)13-16-9(8-15)7-11(19)18(13)17-14/h2-7,17H,8H2,1H3. The van der Waals surface area contributed by atoms with Gasteiger partial charge >= 0.3 is 0 Å². The van der Waals surface area contributed by atoms with E-state index in [1.807, 2.05) is 0 Å². The maximum Gasteiger partial charge on any atom is 0.273 e. The summed E-state index contributed by atoms with van der Waals surface area (Å²) in [7, 11) is -3.82. The van der Waals surface area contributed by atoms with E-state index in [4.69, 9.17) is 11.6 Å². The molecule has 1 aromatic carbocycles. The molecule has 6 nitrogen and oxygen atoms in total. The summed E-state index contributed by atoms with van der Waals surface area (Å²) in [5.41, 5.74) is -0.0235. The van der Waals surface area contributed by atoms with Crippen molar-refractivity contribution in [2.75, 3.05) is 6.26 Å². The normalized spacial score (nSPS) is 11.9. The fraction of sp³-hybridized carbons (Fsp3) is 0.143. The SMILES string of the molecule is CSc1[nH]n2c(=O)cc(CCl)nc2c1S(=O)(=O)c1ccccc1. The molecule has 0 unspecified atom stereocenters. The van der Waals surface area contributed by atoms with E-state index in [1.54, 1.807) is 24.5 Å². The molecule has 0 aliphatic rings. The highest BCUT2D eigenvalue weighted by Crippen LogP contribution is 2.31. The Labute approximate surface area is 141 Å². The molecular weight excluding hydrogens is 358 g/mol. The van der Waals surface area contributed by atoms with Gasteiger partial charge in [-0.2, -0.15) is 4.52 Å². The Morgan fingerprint density at radius 2 is 2.00 bits per heavy atom. The molecule has 0 radical (unpaired) electrons. The van der Waals surface area contributed by atoms with Crippen LogP contribution in [0.15, 0.2) is 56.0 Å². The third-order valence-corrected chi connectivity index (χ3v) is 6.18. The lowest BCUT2D eigenvalue weighted by molar-refractivity contribution is 0.594. The van der Waals surface area contributed by atoms with Crippen LogP contribution >= 0.6 is 23.4 Å². The summed E-state index contributed by atoms with van der Waals surface area (Å²) in [4.78, 5) is 16.5. The van der Waals surface area contributed by atoms with Gasteiger partial charge in [-0.1, -0.05) is 18.2 Å². The van der Waals surface area contributed by atoms with E-state index in [0.29, 0.717) is 10.7 Å². The summed E-state index contributed by atoms with van der Waals surface area (Å²) in [5.74, 6) is 0.0242. The Morgan fingerprint density at radius 3 is 2.61 bits per heavy atom. The summed E-state index contributed by atoms with van der Waals surface area (Å²) in [6, 6.07) is 9.31. The van der Waals surface area contributed by atoms with Crippen LogP contribution in [0.4, 0.5) is 0 Å². The van der Waals surface area contributed by atoms with E-state index in [9.17, 15) is 13.2 Å². The first kappa shape index (κ1) is 16.1. The van der Waals surface area contributed by atoms with Crippen LogP contribution < -0.4 is 5.56 Å². The van der Waals surface area contributed by atoms with Crippen LogP contribution in [0.3, 0.4) is 0 Å². The number of benzene rings is 1. The van der Waals surface area contributed by atoms with Crippen LogP contribution in [0, 0.1) is 0 Å². The fourth-order valence-electron chi connectivity index (χ4n) is 2.21. The largest absolute Gasteiger partial charge is 0.282 e. The van der Waals surface area contributed by atoms with Crippen molar-refractivity contribution < 1.29 is 8.42 Å². The van der Waals surface area contributed by atoms with E-state index in [-0.39, 0.29) is 21.3 Å². The summed E-state index contributed by atoms with van der Waals surface area (Å²) in [6.45, 7) is 0. The second-order valence-electron chi connectivity index (χ2n) is 4.67. The highest BCUT2D eigenvalue weighted by molar-refractivity contribution is 7.99. The monoisotopic (exact) mass is 369 g/mol. The summed E-state index contributed by atoms with van der Waals surface area (Å²) in [6.07, 6.45) is 1.72. The zero-order valence-electron chi connectivity index (χ0n) is 12.0. The minimum Gasteiger partial charge on any atom is -0.282 e. The Balaban J connectivity index is 2.41. The molecule has 0 bridgehead atoms. The molecule has 0 saturated carbocycles. The molecule has 0 aliphatic carbocycles. The number of H-pyrrole nitrogens is 1. The molecule has 2 aromatic heterocycles. The molecule has 0 aliphatic heterocycles. The topological polar surface area (TPSA) is 84.3 Å². The number of hydrogen-bond acceptors (Lipinski definition) is 5. The average Bonchev–Trinajstić information content (AvgIpc) is 2.95. The molecule has 2 heterocycles. The van der Waals surface area contributed by atoms with Gasteiger partial charge < -0.3 is 0 Å². The van der Waals surface area contributed by atoms with Crippen molar-refractivity contribution in [3.63, 3.8) is 0 Å². The highest BCUT2D eigenvalue weighted by Gasteiger charge is 2.28. The van der Waals surface area contributed by atoms with Gasteiger partial charge in [-0.05, 0) is 18.4 Å². The third-order valence-electron chi connectivity index (χ3n) is 3.26. The van der Waals surface area contributed by atoms with Gasteiger partial charge in [-0.3, -0.25) is 9.89 Å². The van der Waals surface area contributed by atoms with Crippen molar-refractivity contribution in [2.45, 2.75) is 20.7 Å². The quantitative estimate of drug-likeness (QED) is 0.563. The van der Waals surface area contributed by atoms with Gasteiger partial charge in [-0.15, -0.1) is 23.4 Å². The first-order valence-corrected chi connectivity index (χ1v) is 9.78. The number of alkyl halides is 1. The number of hydrogen-bond donors (Lipinski definition) is 1. The molecule has 0 fully saturated rings. The lowest BCUT2D eigenvalue weighted by atomic mass is 10.4. The predicted molar refractivity (Wildman–Crippen MR) is 89.0 cm³/mol. The molecule has 9 heteroatoms. The van der Waals surface area contributed by atoms with Gasteiger partial charge in [0, 0.05) is 6.07 Å². The molecule has 3 aromatic rings. The van der Waals surface area contributed by atoms with Gasteiger partial charge in [0.05, 0.1) is 16.5 Å². The first-order chi connectivity index (χ1) is 11.0. The molecule has 23 heavy (non-hydrogen) atoms. The lowest BCUT2D eigenvalue weighted by Gasteiger charge is -2.04. The van der Waals surface area contributed by atoms with Crippen LogP contribution in [0.2, 0.25) is 0 Å². The third kappa shape index (κ3) is 2.66. The van der Waals surface area contributed by atoms with Crippen molar-refractivity contribution in [2.24, 2.45) is 0 Å². The molecule has 0 atom stereocenters. The minimum atomic E-state index is -3.82. The number of nitrogens with one attached hydrogen (secondary N) is 1. The molecular formula is C14H12ClN3O3S2. The zero-order chi connectivity index (χ0) is 16.6. The summed E-state index contributed by atoms with van der Waals surface area (Å²) < 4.78 is 27.1. The number of aromatic amines is 1. The Morgan fingerprint density at radius 1 is 1.30 bits per heavy atom. The number of aromatic nitrogens is 3. The van der Waals surface area contributed by atoms with Crippen molar-refractivity contribution >= 4 is 38.8 Å². The minimum absolute atomic E-state index is 0.0136. The van der Waals surface area contributed by atoms with Gasteiger partial charge in [-0.25, -0.2) is 13.4 Å². The molecule has 0 amide bonds. The number of thioether (sulfide) groups is 1. The van der Waals surface area contributed by atoms with Crippen LogP contribution in [0.1, 0.15) is 5.69 Å². The average molecular weight is 370 g/mol. The van der Waals surface area contributed by atoms with Crippen LogP contribution in [0.5, 0.6) is 0 Å². The van der Waals surface area contributed by atoms with Gasteiger partial charge in [0.1, 0.15) is 9.92 Å². The Bertz CT molecular complexity index is 1030. The molecule has 3 rings (SSSR count). The predicted octanol–water partition coefficient (Wildman–Crippen LogP) is 2.32. The first-order valence-electron chi connectivity index (χ1n) is 6.53. The van der Waals surface area contributed by atoms with Crippen molar-refractivity contribution in [1.82, 2.24) is 14.6 Å². The van der Waals surface area contributed by atoms with Gasteiger partial charge in [0.2, 0.25) is 9.84 Å². The van der Waals surface area contributed by atoms with Crippen molar-refractivity contribution in [3.05, 3.63) is 52.4 Å². The van der Waals surface area contributed by atoms with E-state index < -0.39 is 15.4 Å². The van der Waals surface area contributed by atoms with Gasteiger partial charge in [0.15, 0.2) is 5.65 Å². The number of rotatable bonds is 4. The number of fused-ring (bicyclic) bond motifs is 1. The van der Waals surface area contributed by atoms with E-state index in [2.05, 4.69) is 10.1 Å². The molecule has 120 valence electrons. The van der Waals surface area contributed by atoms with Crippen LogP contribution in [-0.2, 0) is 15.7 Å². The van der Waals surface area contributed by atoms with Crippen molar-refractivity contribution in [3.8, 4) is 0 Å². The van der Waals surface area contributed by atoms with E-state index >= 15 is 0 Å². The smallest absolute Gasteiger partial charge is 0.273 e. The van der Waals surface area contributed by atoms with E-state index in [1.165, 1.54) is 30.0 Å². The summed E-state index contributed by atoms with van der Waals surface area (Å²) >= 11 is 6.95. The lowest BCUT2D eigenvalue weighted by Crippen LogP contribution is -2.15. The second-order valence-corrected chi connectivity index (χ2v) is 7.64. The van der Waals surface area contributed by atoms with E-state index in [0.717, 1.165) is 4.52 Å². The molecule has 0 spiro atoms. The van der Waals surface area contributed by atoms with Crippen LogP contribution in [-0.4, -0.2) is 29.3 Å². The summed E-state index contributed by atoms with van der Waals surface area (Å²) in [5, 5.41) is 3.14. The number of sulfone groups is 1. The molecule has 0 saturated heterocycles. The maximum atomic E-state index is 13.0. The Kier molecular flexibility index (Phi) is 4.22. The number of halogens is 1. The fourth-order valence-corrected chi connectivity index (χ4v) is 4.80. The van der Waals surface area contributed by atoms with Gasteiger partial charge in [0.25, 0.3) is 5.56 Å². The Hall–Kier alpha value is -1.77. The maximum absolute atomic E-state index is 13.0. The zero-order valence-corrected chi connectivity index (χ0v) is 14.4. The highest BCUT2D eigenvalue weighted by atomic mass is 35.5.